The zero-order chi connectivity index (χ0) is 22.2. The molecule has 4 rings (SSSR count). The summed E-state index contributed by atoms with van der Waals surface area (Å²) in [4.78, 5) is 13.2. The third-order valence-corrected chi connectivity index (χ3v) is 7.68. The SMILES string of the molecule is O=C1OCC(c2ccccc2)N1C1CCN(S(=O)(=O)c2ccccc2C(F)(F)F)CC1. The van der Waals surface area contributed by atoms with Gasteiger partial charge in [0.25, 0.3) is 0 Å². The van der Waals surface area contributed by atoms with Gasteiger partial charge in [-0.25, -0.2) is 13.2 Å². The average Bonchev–Trinajstić information content (AvgIpc) is 3.15. The van der Waals surface area contributed by atoms with Gasteiger partial charge in [-0.3, -0.25) is 4.90 Å². The quantitative estimate of drug-likeness (QED) is 0.699. The van der Waals surface area contributed by atoms with E-state index in [2.05, 4.69) is 0 Å². The summed E-state index contributed by atoms with van der Waals surface area (Å²) >= 11 is 0. The number of piperidine rings is 1. The topological polar surface area (TPSA) is 66.9 Å². The highest BCUT2D eigenvalue weighted by molar-refractivity contribution is 7.89. The van der Waals surface area contributed by atoms with Gasteiger partial charge in [-0.1, -0.05) is 42.5 Å². The van der Waals surface area contributed by atoms with Crippen LogP contribution in [0.2, 0.25) is 0 Å². The molecule has 0 saturated carbocycles. The van der Waals surface area contributed by atoms with E-state index in [0.29, 0.717) is 12.8 Å². The Hall–Kier alpha value is -2.59. The molecule has 0 aromatic heterocycles. The zero-order valence-corrected chi connectivity index (χ0v) is 17.3. The Morgan fingerprint density at radius 1 is 0.935 bits per heavy atom. The summed E-state index contributed by atoms with van der Waals surface area (Å²) in [6.07, 6.45) is -4.61. The van der Waals surface area contributed by atoms with Crippen molar-refractivity contribution >= 4 is 16.1 Å². The number of nitrogens with zero attached hydrogens (tertiary/aromatic N) is 2. The van der Waals surface area contributed by atoms with Gasteiger partial charge in [-0.05, 0) is 30.5 Å². The summed E-state index contributed by atoms with van der Waals surface area (Å²) in [5, 5.41) is 0. The molecular weight excluding hydrogens is 433 g/mol. The molecular formula is C21H21F3N2O4S. The molecule has 2 aliphatic heterocycles. The summed E-state index contributed by atoms with van der Waals surface area (Å²) in [7, 11) is -4.32. The molecule has 31 heavy (non-hydrogen) atoms. The lowest BCUT2D eigenvalue weighted by Gasteiger charge is -2.37. The number of halogens is 3. The minimum Gasteiger partial charge on any atom is -0.447 e. The van der Waals surface area contributed by atoms with Crippen molar-refractivity contribution in [3.63, 3.8) is 0 Å². The van der Waals surface area contributed by atoms with Gasteiger partial charge in [0.05, 0.1) is 16.5 Å². The second kappa shape index (κ2) is 8.16. The number of cyclic esters (lactones) is 1. The highest BCUT2D eigenvalue weighted by Gasteiger charge is 2.43. The second-order valence-electron chi connectivity index (χ2n) is 7.54. The number of sulfonamides is 1. The number of alkyl halides is 3. The molecule has 1 atom stereocenters. The first-order chi connectivity index (χ1) is 14.7. The molecule has 2 aromatic carbocycles. The van der Waals surface area contributed by atoms with Gasteiger partial charge in [0.15, 0.2) is 0 Å². The van der Waals surface area contributed by atoms with E-state index < -0.39 is 32.8 Å². The van der Waals surface area contributed by atoms with E-state index in [1.165, 1.54) is 6.07 Å². The van der Waals surface area contributed by atoms with Crippen molar-refractivity contribution in [2.45, 2.75) is 36.0 Å². The van der Waals surface area contributed by atoms with Crippen LogP contribution in [0.25, 0.3) is 0 Å². The van der Waals surface area contributed by atoms with E-state index in [4.69, 9.17) is 4.74 Å². The lowest BCUT2D eigenvalue weighted by atomic mass is 10.0. The molecule has 6 nitrogen and oxygen atoms in total. The monoisotopic (exact) mass is 454 g/mol. The Morgan fingerprint density at radius 3 is 2.19 bits per heavy atom. The van der Waals surface area contributed by atoms with Crippen molar-refractivity contribution in [2.75, 3.05) is 19.7 Å². The van der Waals surface area contributed by atoms with Gasteiger partial charge in [0.1, 0.15) is 6.61 Å². The highest BCUT2D eigenvalue weighted by Crippen LogP contribution is 2.37. The van der Waals surface area contributed by atoms with Gasteiger partial charge >= 0.3 is 12.3 Å². The first-order valence-electron chi connectivity index (χ1n) is 9.86. The highest BCUT2D eigenvalue weighted by atomic mass is 32.2. The van der Waals surface area contributed by atoms with Crippen LogP contribution in [0.1, 0.15) is 30.0 Å². The van der Waals surface area contributed by atoms with Crippen molar-refractivity contribution in [3.05, 3.63) is 65.7 Å². The zero-order valence-electron chi connectivity index (χ0n) is 16.5. The number of carbonyl (C=O) groups is 1. The number of amides is 1. The molecule has 10 heteroatoms. The average molecular weight is 454 g/mol. The maximum atomic E-state index is 13.3. The van der Waals surface area contributed by atoms with Crippen LogP contribution in [-0.2, 0) is 20.9 Å². The number of rotatable bonds is 4. The molecule has 0 radical (unpaired) electrons. The molecule has 2 heterocycles. The molecule has 2 aliphatic rings. The van der Waals surface area contributed by atoms with Crippen molar-refractivity contribution in [1.82, 2.24) is 9.21 Å². The summed E-state index contributed by atoms with van der Waals surface area (Å²) in [6.45, 7) is 0.245. The number of ether oxygens (including phenoxy) is 1. The van der Waals surface area contributed by atoms with Crippen molar-refractivity contribution in [3.8, 4) is 0 Å². The van der Waals surface area contributed by atoms with E-state index in [1.54, 1.807) is 4.90 Å². The largest absolute Gasteiger partial charge is 0.447 e. The van der Waals surface area contributed by atoms with Gasteiger partial charge in [0, 0.05) is 19.1 Å². The molecule has 2 fully saturated rings. The fraction of sp³-hybridized carbons (Fsp3) is 0.381. The molecule has 2 saturated heterocycles. The number of carbonyl (C=O) groups excluding carboxylic acids is 1. The van der Waals surface area contributed by atoms with Crippen LogP contribution in [0.5, 0.6) is 0 Å². The Kier molecular flexibility index (Phi) is 5.69. The van der Waals surface area contributed by atoms with Gasteiger partial charge in [0.2, 0.25) is 10.0 Å². The third kappa shape index (κ3) is 4.14. The van der Waals surface area contributed by atoms with Crippen molar-refractivity contribution in [1.29, 1.82) is 0 Å². The van der Waals surface area contributed by atoms with Crippen molar-refractivity contribution in [2.24, 2.45) is 0 Å². The van der Waals surface area contributed by atoms with E-state index >= 15 is 0 Å². The van der Waals surface area contributed by atoms with Gasteiger partial charge < -0.3 is 4.74 Å². The minimum absolute atomic E-state index is 0.0183. The molecule has 166 valence electrons. The Bertz CT molecular complexity index is 1050. The molecule has 0 bridgehead atoms. The van der Waals surface area contributed by atoms with E-state index in [-0.39, 0.29) is 31.8 Å². The Morgan fingerprint density at radius 2 is 1.55 bits per heavy atom. The summed E-state index contributed by atoms with van der Waals surface area (Å²) in [6, 6.07) is 13.0. The predicted molar refractivity (Wildman–Crippen MR) is 106 cm³/mol. The van der Waals surface area contributed by atoms with Crippen LogP contribution in [-0.4, -0.2) is 49.5 Å². The van der Waals surface area contributed by atoms with E-state index in [0.717, 1.165) is 28.1 Å². The van der Waals surface area contributed by atoms with E-state index in [9.17, 15) is 26.4 Å². The van der Waals surface area contributed by atoms with Crippen LogP contribution in [0.15, 0.2) is 59.5 Å². The van der Waals surface area contributed by atoms with Crippen LogP contribution in [0, 0.1) is 0 Å². The Balaban J connectivity index is 1.52. The lowest BCUT2D eigenvalue weighted by Crippen LogP contribution is -2.47. The summed E-state index contributed by atoms with van der Waals surface area (Å²) in [5.74, 6) is 0. The van der Waals surface area contributed by atoms with E-state index in [1.807, 2.05) is 30.3 Å². The normalized spacial score (nSPS) is 21.3. The first-order valence-corrected chi connectivity index (χ1v) is 11.3. The van der Waals surface area contributed by atoms with Crippen LogP contribution in [0.4, 0.5) is 18.0 Å². The minimum atomic E-state index is -4.77. The van der Waals surface area contributed by atoms with Crippen LogP contribution in [0.3, 0.4) is 0 Å². The standard InChI is InChI=1S/C21H21F3N2O4S/c22-21(23,24)17-8-4-5-9-19(17)31(28,29)25-12-10-16(11-13-25)26-18(14-30-20(26)27)15-6-2-1-3-7-15/h1-9,16,18H,10-14H2. The molecule has 0 aliphatic carbocycles. The van der Waals surface area contributed by atoms with Gasteiger partial charge in [-0.15, -0.1) is 0 Å². The summed E-state index contributed by atoms with van der Waals surface area (Å²) in [5.41, 5.74) is -0.258. The Labute approximate surface area is 178 Å². The number of hydrogen-bond donors (Lipinski definition) is 0. The molecule has 2 aromatic rings. The van der Waals surface area contributed by atoms with Gasteiger partial charge in [-0.2, -0.15) is 17.5 Å². The fourth-order valence-electron chi connectivity index (χ4n) is 4.19. The molecule has 0 N–H and O–H groups in total. The first kappa shape index (κ1) is 21.6. The second-order valence-corrected chi connectivity index (χ2v) is 9.45. The molecule has 1 amide bonds. The number of benzene rings is 2. The predicted octanol–water partition coefficient (Wildman–Crippen LogP) is 4.05. The maximum absolute atomic E-state index is 13.3. The molecule has 1 unspecified atom stereocenters. The smallest absolute Gasteiger partial charge is 0.417 e. The maximum Gasteiger partial charge on any atom is 0.417 e. The van der Waals surface area contributed by atoms with Crippen LogP contribution < -0.4 is 0 Å². The third-order valence-electron chi connectivity index (χ3n) is 5.72. The summed E-state index contributed by atoms with van der Waals surface area (Å²) < 4.78 is 72.2. The fourth-order valence-corrected chi connectivity index (χ4v) is 5.88. The molecule has 0 spiro atoms. The lowest BCUT2D eigenvalue weighted by molar-refractivity contribution is -0.139. The van der Waals surface area contributed by atoms with Crippen molar-refractivity contribution < 1.29 is 31.1 Å². The number of hydrogen-bond acceptors (Lipinski definition) is 4. The van der Waals surface area contributed by atoms with Crippen LogP contribution >= 0.6 is 0 Å².